The molecule has 0 amide bonds. The van der Waals surface area contributed by atoms with Crippen molar-refractivity contribution in [1.82, 2.24) is 0 Å². The molecule has 0 bridgehead atoms. The lowest BCUT2D eigenvalue weighted by Gasteiger charge is -2.15. The van der Waals surface area contributed by atoms with E-state index in [4.69, 9.17) is 9.84 Å². The Hall–Kier alpha value is -2.50. The largest absolute Gasteiger partial charge is 0.488 e. The Bertz CT molecular complexity index is 667. The van der Waals surface area contributed by atoms with Gasteiger partial charge in [0.2, 0.25) is 0 Å². The molecule has 0 saturated heterocycles. The van der Waals surface area contributed by atoms with Crippen LogP contribution in [0.2, 0.25) is 0 Å². The number of hydrogen-bond acceptors (Lipinski definition) is 2. The highest BCUT2D eigenvalue weighted by Gasteiger charge is 2.34. The van der Waals surface area contributed by atoms with Crippen LogP contribution in [0.25, 0.3) is 0 Å². The number of rotatable bonds is 6. The van der Waals surface area contributed by atoms with Crippen molar-refractivity contribution in [3.8, 4) is 5.75 Å². The molecule has 0 unspecified atom stereocenters. The van der Waals surface area contributed by atoms with E-state index in [0.717, 1.165) is 11.6 Å². The number of carboxylic acid groups (broad SMARTS) is 1. The number of benzene rings is 2. The van der Waals surface area contributed by atoms with Crippen molar-refractivity contribution >= 4 is 5.97 Å². The van der Waals surface area contributed by atoms with Gasteiger partial charge >= 0.3 is 12.1 Å². The van der Waals surface area contributed by atoms with Crippen molar-refractivity contribution in [3.63, 3.8) is 0 Å². The third kappa shape index (κ3) is 5.02. The second kappa shape index (κ2) is 7.17. The smallest absolute Gasteiger partial charge is 0.419 e. The minimum Gasteiger partial charge on any atom is -0.488 e. The maximum atomic E-state index is 13.2. The van der Waals surface area contributed by atoms with Crippen LogP contribution in [0.3, 0.4) is 0 Å². The Kier molecular flexibility index (Phi) is 5.26. The Morgan fingerprint density at radius 3 is 2.35 bits per heavy atom. The highest BCUT2D eigenvalue weighted by Crippen LogP contribution is 2.37. The molecule has 0 fully saturated rings. The fourth-order valence-electron chi connectivity index (χ4n) is 2.07. The Labute approximate surface area is 131 Å². The van der Waals surface area contributed by atoms with Gasteiger partial charge in [-0.25, -0.2) is 0 Å². The fourth-order valence-corrected chi connectivity index (χ4v) is 2.07. The van der Waals surface area contributed by atoms with Gasteiger partial charge in [0.1, 0.15) is 12.4 Å². The van der Waals surface area contributed by atoms with Crippen molar-refractivity contribution in [1.29, 1.82) is 0 Å². The molecule has 0 atom stereocenters. The van der Waals surface area contributed by atoms with Gasteiger partial charge in [0.25, 0.3) is 0 Å². The lowest BCUT2D eigenvalue weighted by molar-refractivity contribution is -0.139. The van der Waals surface area contributed by atoms with Crippen molar-refractivity contribution in [2.75, 3.05) is 0 Å². The molecule has 0 aromatic heterocycles. The fraction of sp³-hybridized carbons (Fsp3) is 0.235. The summed E-state index contributed by atoms with van der Waals surface area (Å²) in [5.41, 5.74) is 0.179. The summed E-state index contributed by atoms with van der Waals surface area (Å²) in [5.74, 6) is -1.32. The van der Waals surface area contributed by atoms with E-state index in [1.54, 1.807) is 24.3 Å². The lowest BCUT2D eigenvalue weighted by atomic mass is 10.0. The molecule has 0 aliphatic carbocycles. The van der Waals surface area contributed by atoms with E-state index in [1.165, 1.54) is 12.1 Å². The zero-order chi connectivity index (χ0) is 16.9. The van der Waals surface area contributed by atoms with Gasteiger partial charge in [0.15, 0.2) is 0 Å². The third-order valence-corrected chi connectivity index (χ3v) is 3.21. The van der Waals surface area contributed by atoms with E-state index in [2.05, 4.69) is 0 Å². The monoisotopic (exact) mass is 324 g/mol. The summed E-state index contributed by atoms with van der Waals surface area (Å²) in [5, 5.41) is 8.62. The van der Waals surface area contributed by atoms with Gasteiger partial charge in [-0.2, -0.15) is 13.2 Å². The summed E-state index contributed by atoms with van der Waals surface area (Å²) in [7, 11) is 0. The topological polar surface area (TPSA) is 46.5 Å². The quantitative estimate of drug-likeness (QED) is 0.861. The first-order valence-electron chi connectivity index (χ1n) is 6.95. The molecule has 122 valence electrons. The van der Waals surface area contributed by atoms with E-state index in [-0.39, 0.29) is 25.2 Å². The Balaban J connectivity index is 2.19. The zero-order valence-corrected chi connectivity index (χ0v) is 12.1. The summed E-state index contributed by atoms with van der Waals surface area (Å²) in [6.45, 7) is 0.0262. The van der Waals surface area contributed by atoms with Crippen LogP contribution in [0.15, 0.2) is 48.5 Å². The number of carboxylic acids is 1. The van der Waals surface area contributed by atoms with E-state index >= 15 is 0 Å². The standard InChI is InChI=1S/C17H15F3O3/c18-17(19,20)14-10-12(7-9-16(21)22)6-8-15(14)23-11-13-4-2-1-3-5-13/h1-6,8,10H,7,9,11H2,(H,21,22). The molecule has 0 aliphatic rings. The first-order chi connectivity index (χ1) is 10.9. The predicted molar refractivity (Wildman–Crippen MR) is 78.2 cm³/mol. The summed E-state index contributed by atoms with van der Waals surface area (Å²) in [6.07, 6.45) is -4.75. The summed E-state index contributed by atoms with van der Waals surface area (Å²) in [6, 6.07) is 12.5. The van der Waals surface area contributed by atoms with Crippen LogP contribution in [-0.2, 0) is 24.0 Å². The highest BCUT2D eigenvalue weighted by molar-refractivity contribution is 5.67. The highest BCUT2D eigenvalue weighted by atomic mass is 19.4. The van der Waals surface area contributed by atoms with Crippen molar-refractivity contribution < 1.29 is 27.8 Å². The Morgan fingerprint density at radius 1 is 1.04 bits per heavy atom. The van der Waals surface area contributed by atoms with Crippen LogP contribution in [0.1, 0.15) is 23.1 Å². The van der Waals surface area contributed by atoms with Gasteiger partial charge in [-0.15, -0.1) is 0 Å². The number of ether oxygens (including phenoxy) is 1. The van der Waals surface area contributed by atoms with Gasteiger partial charge < -0.3 is 9.84 Å². The summed E-state index contributed by atoms with van der Waals surface area (Å²) >= 11 is 0. The van der Waals surface area contributed by atoms with Gasteiger partial charge in [-0.1, -0.05) is 36.4 Å². The van der Waals surface area contributed by atoms with Crippen LogP contribution in [0.4, 0.5) is 13.2 Å². The molecule has 1 N–H and O–H groups in total. The van der Waals surface area contributed by atoms with Crippen LogP contribution >= 0.6 is 0 Å². The summed E-state index contributed by atoms with van der Waals surface area (Å²) < 4.78 is 44.8. The molecule has 2 aromatic rings. The van der Waals surface area contributed by atoms with Gasteiger partial charge in [-0.3, -0.25) is 4.79 Å². The molecular formula is C17H15F3O3. The van der Waals surface area contributed by atoms with E-state index in [9.17, 15) is 18.0 Å². The molecule has 2 aromatic carbocycles. The number of aryl methyl sites for hydroxylation is 1. The minimum atomic E-state index is -4.56. The molecule has 0 spiro atoms. The van der Waals surface area contributed by atoms with Gasteiger partial charge in [0, 0.05) is 6.42 Å². The Morgan fingerprint density at radius 2 is 1.74 bits per heavy atom. The molecule has 0 radical (unpaired) electrons. The molecule has 0 heterocycles. The maximum absolute atomic E-state index is 13.2. The van der Waals surface area contributed by atoms with Crippen LogP contribution in [0.5, 0.6) is 5.75 Å². The first-order valence-corrected chi connectivity index (χ1v) is 6.95. The molecule has 0 saturated carbocycles. The molecule has 6 heteroatoms. The normalized spacial score (nSPS) is 11.3. The third-order valence-electron chi connectivity index (χ3n) is 3.21. The zero-order valence-electron chi connectivity index (χ0n) is 12.1. The second-order valence-electron chi connectivity index (χ2n) is 5.00. The molecule has 2 rings (SSSR count). The van der Waals surface area contributed by atoms with Crippen molar-refractivity contribution in [2.24, 2.45) is 0 Å². The van der Waals surface area contributed by atoms with E-state index < -0.39 is 17.7 Å². The number of hydrogen-bond donors (Lipinski definition) is 1. The molecule has 0 aliphatic heterocycles. The predicted octanol–water partition coefficient (Wildman–Crippen LogP) is 4.30. The maximum Gasteiger partial charge on any atom is 0.419 e. The van der Waals surface area contributed by atoms with E-state index in [0.29, 0.717) is 5.56 Å². The average molecular weight is 324 g/mol. The number of alkyl halides is 3. The van der Waals surface area contributed by atoms with Crippen molar-refractivity contribution in [2.45, 2.75) is 25.6 Å². The number of aliphatic carboxylic acids is 1. The minimum absolute atomic E-state index is 0.0262. The van der Waals surface area contributed by atoms with Gasteiger partial charge in [0.05, 0.1) is 5.56 Å². The molecule has 23 heavy (non-hydrogen) atoms. The number of halogens is 3. The van der Waals surface area contributed by atoms with Gasteiger partial charge in [-0.05, 0) is 29.7 Å². The lowest BCUT2D eigenvalue weighted by Crippen LogP contribution is -2.10. The molecule has 3 nitrogen and oxygen atoms in total. The average Bonchev–Trinajstić information content (AvgIpc) is 2.51. The SMILES string of the molecule is O=C(O)CCc1ccc(OCc2ccccc2)c(C(F)(F)F)c1. The number of carbonyl (C=O) groups is 1. The molecular weight excluding hydrogens is 309 g/mol. The first kappa shape index (κ1) is 16.9. The summed E-state index contributed by atoms with van der Waals surface area (Å²) in [4.78, 5) is 10.5. The van der Waals surface area contributed by atoms with Crippen LogP contribution in [-0.4, -0.2) is 11.1 Å². The van der Waals surface area contributed by atoms with E-state index in [1.807, 2.05) is 6.07 Å². The van der Waals surface area contributed by atoms with Crippen molar-refractivity contribution in [3.05, 3.63) is 65.2 Å². The van der Waals surface area contributed by atoms with Crippen LogP contribution < -0.4 is 4.74 Å². The second-order valence-corrected chi connectivity index (χ2v) is 5.00. The van der Waals surface area contributed by atoms with Crippen LogP contribution in [0, 0.1) is 0 Å².